The Morgan fingerprint density at radius 2 is 2.04 bits per heavy atom. The van der Waals surface area contributed by atoms with Crippen LogP contribution >= 0.6 is 11.6 Å². The second-order valence-corrected chi connectivity index (χ2v) is 6.82. The van der Waals surface area contributed by atoms with Gasteiger partial charge in [-0.3, -0.25) is 9.59 Å². The molecule has 6 heteroatoms. The van der Waals surface area contributed by atoms with Crippen molar-refractivity contribution < 1.29 is 23.8 Å². The summed E-state index contributed by atoms with van der Waals surface area (Å²) in [7, 11) is 0. The number of Topliss-reactive ketones (excluding diaryl/α,β-unsaturated/α-hetero) is 1. The van der Waals surface area contributed by atoms with Crippen LogP contribution in [0.5, 0.6) is 11.5 Å². The second kappa shape index (κ2) is 8.44. The highest BCUT2D eigenvalue weighted by Crippen LogP contribution is 2.30. The minimum Gasteiger partial charge on any atom is -0.493 e. The molecule has 1 atom stereocenters. The number of carbonyl (C=O) groups is 2. The van der Waals surface area contributed by atoms with Gasteiger partial charge in [0.05, 0.1) is 12.5 Å². The van der Waals surface area contributed by atoms with E-state index in [-0.39, 0.29) is 25.0 Å². The van der Waals surface area contributed by atoms with Gasteiger partial charge in [-0.25, -0.2) is 0 Å². The molecule has 142 valence electrons. The van der Waals surface area contributed by atoms with E-state index in [1.165, 1.54) is 6.92 Å². The van der Waals surface area contributed by atoms with Crippen LogP contribution in [0, 0.1) is 5.92 Å². The topological polar surface area (TPSA) is 61.8 Å². The molecule has 0 saturated carbocycles. The summed E-state index contributed by atoms with van der Waals surface area (Å²) in [5.74, 6) is 0.544. The third-order valence-corrected chi connectivity index (χ3v) is 4.63. The molecule has 0 bridgehead atoms. The van der Waals surface area contributed by atoms with Gasteiger partial charge in [-0.1, -0.05) is 11.6 Å². The Labute approximate surface area is 163 Å². The number of ketones is 1. The van der Waals surface area contributed by atoms with Crippen LogP contribution in [0.4, 0.5) is 0 Å². The van der Waals surface area contributed by atoms with E-state index in [0.29, 0.717) is 34.9 Å². The molecule has 0 unspecified atom stereocenters. The molecule has 2 aromatic carbocycles. The lowest BCUT2D eigenvalue weighted by atomic mass is 9.97. The molecule has 0 aliphatic carbocycles. The third-order valence-electron chi connectivity index (χ3n) is 4.40. The number of benzene rings is 2. The van der Waals surface area contributed by atoms with Crippen molar-refractivity contribution >= 4 is 23.4 Å². The highest BCUT2D eigenvalue weighted by atomic mass is 35.5. The fourth-order valence-electron chi connectivity index (χ4n) is 2.99. The Hall–Kier alpha value is -2.53. The lowest BCUT2D eigenvalue weighted by Gasteiger charge is -2.24. The van der Waals surface area contributed by atoms with Crippen molar-refractivity contribution in [2.24, 2.45) is 5.92 Å². The third kappa shape index (κ3) is 4.61. The van der Waals surface area contributed by atoms with Crippen LogP contribution in [0.25, 0.3) is 0 Å². The van der Waals surface area contributed by atoms with Gasteiger partial charge in [-0.2, -0.15) is 0 Å². The van der Waals surface area contributed by atoms with Gasteiger partial charge in [0.15, 0.2) is 5.78 Å². The minimum atomic E-state index is -0.400. The Morgan fingerprint density at radius 1 is 1.22 bits per heavy atom. The molecule has 1 heterocycles. The van der Waals surface area contributed by atoms with Crippen LogP contribution in [-0.4, -0.2) is 25.0 Å². The quantitative estimate of drug-likeness (QED) is 0.547. The average Bonchev–Trinajstić information content (AvgIpc) is 2.66. The Balaban J connectivity index is 1.68. The molecule has 1 aliphatic rings. The van der Waals surface area contributed by atoms with Crippen LogP contribution in [0.15, 0.2) is 36.4 Å². The first-order chi connectivity index (χ1) is 13.0. The number of halogens is 1. The monoisotopic (exact) mass is 388 g/mol. The Kier molecular flexibility index (Phi) is 6.01. The highest BCUT2D eigenvalue weighted by Gasteiger charge is 2.27. The molecule has 0 radical (unpaired) electrons. The van der Waals surface area contributed by atoms with Crippen molar-refractivity contribution in [1.29, 1.82) is 0 Å². The fraction of sp³-hybridized carbons (Fsp3) is 0.333. The highest BCUT2D eigenvalue weighted by molar-refractivity contribution is 6.30. The molecular formula is C21H21ClO5. The van der Waals surface area contributed by atoms with Crippen LogP contribution in [0.3, 0.4) is 0 Å². The SMILES string of the molecule is CCOc1ccc(C(C)=O)cc1COC(=O)[C@H]1COc2ccc(Cl)cc2C1. The molecule has 0 N–H and O–H groups in total. The van der Waals surface area contributed by atoms with Crippen LogP contribution in [0.2, 0.25) is 5.02 Å². The summed E-state index contributed by atoms with van der Waals surface area (Å²) < 4.78 is 16.7. The zero-order valence-electron chi connectivity index (χ0n) is 15.3. The number of rotatable bonds is 6. The van der Waals surface area contributed by atoms with Crippen molar-refractivity contribution in [2.45, 2.75) is 26.9 Å². The molecule has 5 nitrogen and oxygen atoms in total. The summed E-state index contributed by atoms with van der Waals surface area (Å²) in [6.07, 6.45) is 0.514. The van der Waals surface area contributed by atoms with Crippen molar-refractivity contribution in [3.05, 3.63) is 58.1 Å². The zero-order valence-corrected chi connectivity index (χ0v) is 16.0. The number of hydrogen-bond donors (Lipinski definition) is 0. The van der Waals surface area contributed by atoms with Crippen molar-refractivity contribution in [1.82, 2.24) is 0 Å². The largest absolute Gasteiger partial charge is 0.493 e. The lowest BCUT2D eigenvalue weighted by Crippen LogP contribution is -2.29. The minimum absolute atomic E-state index is 0.0359. The van der Waals surface area contributed by atoms with Gasteiger partial charge in [0, 0.05) is 16.1 Å². The van der Waals surface area contributed by atoms with Gasteiger partial charge >= 0.3 is 5.97 Å². The molecule has 0 spiro atoms. The maximum absolute atomic E-state index is 12.5. The number of carbonyl (C=O) groups excluding carboxylic acids is 2. The van der Waals surface area contributed by atoms with Gasteiger partial charge in [-0.05, 0) is 62.2 Å². The molecule has 27 heavy (non-hydrogen) atoms. The number of esters is 1. The van der Waals surface area contributed by atoms with Crippen LogP contribution in [-0.2, 0) is 22.6 Å². The van der Waals surface area contributed by atoms with Gasteiger partial charge in [0.2, 0.25) is 0 Å². The summed E-state index contributed by atoms with van der Waals surface area (Å²) in [5, 5.41) is 0.605. The molecule has 0 fully saturated rings. The Bertz CT molecular complexity index is 862. The van der Waals surface area contributed by atoms with Gasteiger partial charge in [0.1, 0.15) is 24.7 Å². The first-order valence-corrected chi connectivity index (χ1v) is 9.20. The van der Waals surface area contributed by atoms with E-state index in [1.54, 1.807) is 36.4 Å². The predicted molar refractivity (Wildman–Crippen MR) is 102 cm³/mol. The maximum Gasteiger partial charge on any atom is 0.313 e. The summed E-state index contributed by atoms with van der Waals surface area (Å²) in [4.78, 5) is 24.1. The number of ether oxygens (including phenoxy) is 3. The first-order valence-electron chi connectivity index (χ1n) is 8.82. The first kappa shape index (κ1) is 19.2. The van der Waals surface area contributed by atoms with Crippen LogP contribution in [0.1, 0.15) is 35.3 Å². The molecule has 0 saturated heterocycles. The molecular weight excluding hydrogens is 368 g/mol. The summed E-state index contributed by atoms with van der Waals surface area (Å²) in [5.41, 5.74) is 2.11. The lowest BCUT2D eigenvalue weighted by molar-refractivity contribution is -0.151. The molecule has 1 aliphatic heterocycles. The van der Waals surface area contributed by atoms with Crippen molar-refractivity contribution in [2.75, 3.05) is 13.2 Å². The van der Waals surface area contributed by atoms with E-state index in [9.17, 15) is 9.59 Å². The fourth-order valence-corrected chi connectivity index (χ4v) is 3.18. The van der Waals surface area contributed by atoms with E-state index < -0.39 is 5.92 Å². The van der Waals surface area contributed by atoms with Gasteiger partial charge < -0.3 is 14.2 Å². The van der Waals surface area contributed by atoms with Crippen molar-refractivity contribution in [3.63, 3.8) is 0 Å². The normalized spacial score (nSPS) is 15.4. The summed E-state index contributed by atoms with van der Waals surface area (Å²) in [6, 6.07) is 10.5. The number of hydrogen-bond acceptors (Lipinski definition) is 5. The van der Waals surface area contributed by atoms with E-state index >= 15 is 0 Å². The average molecular weight is 389 g/mol. The Morgan fingerprint density at radius 3 is 2.78 bits per heavy atom. The molecule has 2 aromatic rings. The van der Waals surface area contributed by atoms with Gasteiger partial charge in [0.25, 0.3) is 0 Å². The van der Waals surface area contributed by atoms with Crippen LogP contribution < -0.4 is 9.47 Å². The van der Waals surface area contributed by atoms with E-state index in [0.717, 1.165) is 11.3 Å². The zero-order chi connectivity index (χ0) is 19.4. The second-order valence-electron chi connectivity index (χ2n) is 6.38. The molecule has 0 amide bonds. The smallest absolute Gasteiger partial charge is 0.313 e. The van der Waals surface area contributed by atoms with E-state index in [4.69, 9.17) is 25.8 Å². The standard InChI is InChI=1S/C21H21ClO5/c1-3-25-20-6-4-14(13(2)23)8-16(20)11-27-21(24)17-9-15-10-18(22)5-7-19(15)26-12-17/h4-8,10,17H,3,9,11-12H2,1-2H3/t17-/m1/s1. The van der Waals surface area contributed by atoms with E-state index in [1.807, 2.05) is 6.92 Å². The van der Waals surface area contributed by atoms with Gasteiger partial charge in [-0.15, -0.1) is 0 Å². The van der Waals surface area contributed by atoms with Crippen molar-refractivity contribution in [3.8, 4) is 11.5 Å². The van der Waals surface area contributed by atoms with E-state index in [2.05, 4.69) is 0 Å². The summed E-state index contributed by atoms with van der Waals surface area (Å²) >= 11 is 6.02. The summed E-state index contributed by atoms with van der Waals surface area (Å²) in [6.45, 7) is 4.14. The molecule has 3 rings (SSSR count). The maximum atomic E-state index is 12.5. The number of fused-ring (bicyclic) bond motifs is 1. The predicted octanol–water partition coefficient (Wildman–Crippen LogP) is 4.24. The molecule has 0 aromatic heterocycles.